The minimum atomic E-state index is -3.19. The molecule has 8 nitrogen and oxygen atoms in total. The molecule has 2 atom stereocenters. The average Bonchev–Trinajstić information content (AvgIpc) is 2.94. The summed E-state index contributed by atoms with van der Waals surface area (Å²) >= 11 is 0. The number of benzene rings is 1. The van der Waals surface area contributed by atoms with E-state index in [1.807, 2.05) is 0 Å². The summed E-state index contributed by atoms with van der Waals surface area (Å²) in [6.45, 7) is 1.42. The molecule has 0 bridgehead atoms. The molecule has 1 N–H and O–H groups in total. The topological polar surface area (TPSA) is 108 Å². The number of carbonyl (C=O) groups is 2. The van der Waals surface area contributed by atoms with E-state index in [-0.39, 0.29) is 17.9 Å². The molecular formula is C16H21NO7S. The summed E-state index contributed by atoms with van der Waals surface area (Å²) in [5, 5.41) is 2.61. The van der Waals surface area contributed by atoms with Gasteiger partial charge in [0, 0.05) is 23.9 Å². The highest BCUT2D eigenvalue weighted by molar-refractivity contribution is 7.91. The van der Waals surface area contributed by atoms with Crippen LogP contribution >= 0.6 is 0 Å². The van der Waals surface area contributed by atoms with E-state index < -0.39 is 33.7 Å². The number of methoxy groups -OCH3 is 2. The number of carbonyl (C=O) groups excluding carboxylic acids is 2. The van der Waals surface area contributed by atoms with Crippen molar-refractivity contribution in [2.45, 2.75) is 19.4 Å². The van der Waals surface area contributed by atoms with E-state index in [1.54, 1.807) is 18.2 Å². The van der Waals surface area contributed by atoms with Gasteiger partial charge in [-0.2, -0.15) is 0 Å². The van der Waals surface area contributed by atoms with Gasteiger partial charge in [-0.25, -0.2) is 8.42 Å². The summed E-state index contributed by atoms with van der Waals surface area (Å²) in [6, 6.07) is 4.84. The number of anilines is 1. The van der Waals surface area contributed by atoms with E-state index >= 15 is 0 Å². The van der Waals surface area contributed by atoms with Gasteiger partial charge in [0.15, 0.2) is 15.9 Å². The van der Waals surface area contributed by atoms with Crippen LogP contribution in [-0.2, 0) is 24.2 Å². The second kappa shape index (κ2) is 7.73. The second-order valence-corrected chi connectivity index (χ2v) is 8.00. The van der Waals surface area contributed by atoms with E-state index in [4.69, 9.17) is 14.2 Å². The maximum Gasteiger partial charge on any atom is 0.310 e. The van der Waals surface area contributed by atoms with Crippen LogP contribution in [0.1, 0.15) is 13.3 Å². The van der Waals surface area contributed by atoms with E-state index in [0.717, 1.165) is 0 Å². The van der Waals surface area contributed by atoms with E-state index in [9.17, 15) is 18.0 Å². The van der Waals surface area contributed by atoms with Crippen LogP contribution in [0.15, 0.2) is 18.2 Å². The van der Waals surface area contributed by atoms with Gasteiger partial charge in [-0.1, -0.05) is 0 Å². The van der Waals surface area contributed by atoms with Gasteiger partial charge in [0.1, 0.15) is 11.5 Å². The Hall–Kier alpha value is -2.29. The smallest absolute Gasteiger partial charge is 0.310 e. The Balaban J connectivity index is 1.97. The summed E-state index contributed by atoms with van der Waals surface area (Å²) in [5.41, 5.74) is 0.424. The molecule has 138 valence electrons. The molecule has 1 aliphatic heterocycles. The highest BCUT2D eigenvalue weighted by Crippen LogP contribution is 2.26. The Morgan fingerprint density at radius 1 is 1.16 bits per heavy atom. The largest absolute Gasteiger partial charge is 0.497 e. The lowest BCUT2D eigenvalue weighted by Crippen LogP contribution is -2.32. The van der Waals surface area contributed by atoms with Gasteiger partial charge >= 0.3 is 5.97 Å². The Morgan fingerprint density at radius 2 is 1.76 bits per heavy atom. The first-order valence-corrected chi connectivity index (χ1v) is 9.51. The van der Waals surface area contributed by atoms with Crippen molar-refractivity contribution < 1.29 is 32.2 Å². The zero-order chi connectivity index (χ0) is 18.6. The van der Waals surface area contributed by atoms with Crippen LogP contribution < -0.4 is 14.8 Å². The van der Waals surface area contributed by atoms with Crippen LogP contribution in [0.5, 0.6) is 11.5 Å². The van der Waals surface area contributed by atoms with Crippen molar-refractivity contribution in [3.8, 4) is 11.5 Å². The summed E-state index contributed by atoms with van der Waals surface area (Å²) in [7, 11) is -0.217. The Morgan fingerprint density at radius 3 is 2.24 bits per heavy atom. The Kier molecular flexibility index (Phi) is 5.89. The fraction of sp³-hybridized carbons (Fsp3) is 0.500. The van der Waals surface area contributed by atoms with Crippen molar-refractivity contribution >= 4 is 27.4 Å². The lowest BCUT2D eigenvalue weighted by atomic mass is 10.1. The number of ether oxygens (including phenoxy) is 3. The fourth-order valence-electron chi connectivity index (χ4n) is 2.43. The van der Waals surface area contributed by atoms with Crippen molar-refractivity contribution in [3.05, 3.63) is 18.2 Å². The molecule has 1 aromatic rings. The monoisotopic (exact) mass is 371 g/mol. The standard InChI is InChI=1S/C16H21NO7S/c1-10(24-16(19)11-4-5-25(20,21)9-11)15(18)17-12-6-13(22-2)8-14(7-12)23-3/h6-8,10-11H,4-5,9H2,1-3H3,(H,17,18)/t10-,11-/m1/s1. The normalized spacial score (nSPS) is 19.7. The maximum absolute atomic E-state index is 12.2. The minimum Gasteiger partial charge on any atom is -0.497 e. The summed E-state index contributed by atoms with van der Waals surface area (Å²) in [6.07, 6.45) is -0.837. The first kappa shape index (κ1) is 19.0. The molecule has 0 aliphatic carbocycles. The lowest BCUT2D eigenvalue weighted by molar-refractivity contribution is -0.156. The fourth-order valence-corrected chi connectivity index (χ4v) is 4.15. The highest BCUT2D eigenvalue weighted by atomic mass is 32.2. The van der Waals surface area contributed by atoms with Crippen molar-refractivity contribution in [2.24, 2.45) is 5.92 Å². The molecule has 0 saturated carbocycles. The third-order valence-corrected chi connectivity index (χ3v) is 5.61. The summed E-state index contributed by atoms with van der Waals surface area (Å²) < 4.78 is 38.2. The quantitative estimate of drug-likeness (QED) is 0.744. The first-order chi connectivity index (χ1) is 11.7. The molecular weight excluding hydrogens is 350 g/mol. The molecule has 1 saturated heterocycles. The molecule has 1 fully saturated rings. The van der Waals surface area contributed by atoms with Crippen LogP contribution in [0, 0.1) is 5.92 Å². The van der Waals surface area contributed by atoms with Crippen LogP contribution in [-0.4, -0.2) is 52.1 Å². The van der Waals surface area contributed by atoms with Crippen LogP contribution in [0.25, 0.3) is 0 Å². The number of nitrogens with one attached hydrogen (secondary N) is 1. The van der Waals surface area contributed by atoms with E-state index in [1.165, 1.54) is 21.1 Å². The molecule has 25 heavy (non-hydrogen) atoms. The molecule has 0 radical (unpaired) electrons. The van der Waals surface area contributed by atoms with Crippen molar-refractivity contribution in [1.82, 2.24) is 0 Å². The zero-order valence-corrected chi connectivity index (χ0v) is 15.1. The molecule has 1 heterocycles. The zero-order valence-electron chi connectivity index (χ0n) is 14.3. The van der Waals surface area contributed by atoms with Gasteiger partial charge < -0.3 is 19.5 Å². The molecule has 1 aliphatic rings. The number of amides is 1. The molecule has 9 heteroatoms. The van der Waals surface area contributed by atoms with Gasteiger partial charge in [0.2, 0.25) is 0 Å². The van der Waals surface area contributed by atoms with Crippen molar-refractivity contribution in [3.63, 3.8) is 0 Å². The van der Waals surface area contributed by atoms with Gasteiger partial charge in [-0.15, -0.1) is 0 Å². The van der Waals surface area contributed by atoms with Crippen LogP contribution in [0.3, 0.4) is 0 Å². The van der Waals surface area contributed by atoms with E-state index in [2.05, 4.69) is 5.32 Å². The predicted molar refractivity (Wildman–Crippen MR) is 90.5 cm³/mol. The highest BCUT2D eigenvalue weighted by Gasteiger charge is 2.35. The first-order valence-electron chi connectivity index (χ1n) is 7.69. The van der Waals surface area contributed by atoms with Crippen molar-refractivity contribution in [2.75, 3.05) is 31.0 Å². The lowest BCUT2D eigenvalue weighted by Gasteiger charge is -2.16. The van der Waals surface area contributed by atoms with E-state index in [0.29, 0.717) is 17.2 Å². The number of hydrogen-bond donors (Lipinski definition) is 1. The second-order valence-electron chi connectivity index (χ2n) is 5.77. The molecule has 0 spiro atoms. The third-order valence-electron chi connectivity index (χ3n) is 3.85. The van der Waals surface area contributed by atoms with Gasteiger partial charge in [0.05, 0.1) is 31.6 Å². The number of rotatable bonds is 6. The summed E-state index contributed by atoms with van der Waals surface area (Å²) in [4.78, 5) is 24.2. The maximum atomic E-state index is 12.2. The molecule has 2 rings (SSSR count). The minimum absolute atomic E-state index is 0.0308. The Labute approximate surface area is 146 Å². The Bertz CT molecular complexity index is 737. The third kappa shape index (κ3) is 5.09. The van der Waals surface area contributed by atoms with Gasteiger partial charge in [0.25, 0.3) is 5.91 Å². The molecule has 1 aromatic carbocycles. The molecule has 0 unspecified atom stereocenters. The summed E-state index contributed by atoms with van der Waals surface area (Å²) in [5.74, 6) is -1.19. The van der Waals surface area contributed by atoms with Crippen molar-refractivity contribution in [1.29, 1.82) is 0 Å². The SMILES string of the molecule is COc1cc(NC(=O)[C@@H](C)OC(=O)[C@@H]2CCS(=O)(=O)C2)cc(OC)c1. The van der Waals surface area contributed by atoms with Gasteiger partial charge in [-0.3, -0.25) is 9.59 Å². The number of sulfone groups is 1. The number of hydrogen-bond acceptors (Lipinski definition) is 7. The van der Waals surface area contributed by atoms with Gasteiger partial charge in [-0.05, 0) is 13.3 Å². The van der Waals surface area contributed by atoms with Crippen LogP contribution in [0.4, 0.5) is 5.69 Å². The number of esters is 1. The predicted octanol–water partition coefficient (Wildman–Crippen LogP) is 1.01. The van der Waals surface area contributed by atoms with Crippen LogP contribution in [0.2, 0.25) is 0 Å². The average molecular weight is 371 g/mol. The molecule has 1 amide bonds. The molecule has 0 aromatic heterocycles.